The Morgan fingerprint density at radius 3 is 2.88 bits per heavy atom. The van der Waals surface area contributed by atoms with Crippen LogP contribution in [0.25, 0.3) is 10.7 Å². The van der Waals surface area contributed by atoms with E-state index in [9.17, 15) is 9.18 Å². The summed E-state index contributed by atoms with van der Waals surface area (Å²) in [5.74, 6) is -0.337. The van der Waals surface area contributed by atoms with E-state index in [1.54, 1.807) is 12.1 Å². The van der Waals surface area contributed by atoms with E-state index in [1.807, 2.05) is 0 Å². The molecule has 0 unspecified atom stereocenters. The first-order valence-corrected chi connectivity index (χ1v) is 6.26. The molecule has 86 valence electrons. The SMILES string of the molecule is O=C1CCCc2nc(-c3nc(F)cs3)ccc21. The van der Waals surface area contributed by atoms with Crippen molar-refractivity contribution >= 4 is 17.1 Å². The molecule has 0 N–H and O–H groups in total. The zero-order chi connectivity index (χ0) is 11.8. The van der Waals surface area contributed by atoms with Gasteiger partial charge in [-0.05, 0) is 25.0 Å². The van der Waals surface area contributed by atoms with Crippen molar-refractivity contribution in [1.82, 2.24) is 9.97 Å². The molecule has 0 aliphatic heterocycles. The smallest absolute Gasteiger partial charge is 0.224 e. The van der Waals surface area contributed by atoms with Crippen LogP contribution in [-0.4, -0.2) is 15.8 Å². The van der Waals surface area contributed by atoms with E-state index in [0.717, 1.165) is 18.5 Å². The molecule has 2 heterocycles. The second-order valence-corrected chi connectivity index (χ2v) is 4.80. The summed E-state index contributed by atoms with van der Waals surface area (Å²) in [5, 5.41) is 1.91. The molecule has 0 atom stereocenters. The van der Waals surface area contributed by atoms with Crippen molar-refractivity contribution in [2.75, 3.05) is 0 Å². The van der Waals surface area contributed by atoms with Crippen molar-refractivity contribution in [3.05, 3.63) is 34.7 Å². The van der Waals surface area contributed by atoms with E-state index in [0.29, 0.717) is 22.7 Å². The normalized spacial score (nSPS) is 14.8. The minimum Gasteiger partial charge on any atom is -0.294 e. The third kappa shape index (κ3) is 1.86. The topological polar surface area (TPSA) is 42.9 Å². The zero-order valence-electron chi connectivity index (χ0n) is 8.94. The zero-order valence-corrected chi connectivity index (χ0v) is 9.76. The number of rotatable bonds is 1. The summed E-state index contributed by atoms with van der Waals surface area (Å²) in [4.78, 5) is 19.8. The van der Waals surface area contributed by atoms with Gasteiger partial charge in [-0.3, -0.25) is 4.79 Å². The Hall–Kier alpha value is -1.62. The van der Waals surface area contributed by atoms with Crippen LogP contribution in [0.15, 0.2) is 17.5 Å². The molecule has 5 heteroatoms. The summed E-state index contributed by atoms with van der Waals surface area (Å²) >= 11 is 1.22. The summed E-state index contributed by atoms with van der Waals surface area (Å²) in [5.41, 5.74) is 2.17. The number of hydrogen-bond donors (Lipinski definition) is 0. The number of pyridine rings is 1. The number of carbonyl (C=O) groups is 1. The molecule has 3 rings (SSSR count). The minimum atomic E-state index is -0.486. The maximum absolute atomic E-state index is 12.8. The van der Waals surface area contributed by atoms with Gasteiger partial charge in [0.05, 0.1) is 11.4 Å². The van der Waals surface area contributed by atoms with Crippen LogP contribution in [0, 0.1) is 5.95 Å². The molecule has 0 amide bonds. The fourth-order valence-electron chi connectivity index (χ4n) is 1.99. The number of aromatic nitrogens is 2. The fourth-order valence-corrected chi connectivity index (χ4v) is 2.62. The summed E-state index contributed by atoms with van der Waals surface area (Å²) < 4.78 is 12.8. The van der Waals surface area contributed by atoms with E-state index < -0.39 is 5.95 Å². The number of thiazole rings is 1. The predicted molar refractivity (Wildman–Crippen MR) is 62.6 cm³/mol. The molecule has 0 saturated carbocycles. The standard InChI is InChI=1S/C12H9FN2OS/c13-11-6-17-12(15-11)9-5-4-7-8(14-9)2-1-3-10(7)16/h4-6H,1-3H2. The Morgan fingerprint density at radius 2 is 2.12 bits per heavy atom. The molecule has 0 radical (unpaired) electrons. The lowest BCUT2D eigenvalue weighted by molar-refractivity contribution is 0.0971. The first kappa shape index (κ1) is 10.5. The maximum atomic E-state index is 12.8. The number of ketones is 1. The van der Waals surface area contributed by atoms with Gasteiger partial charge in [0.1, 0.15) is 5.01 Å². The van der Waals surface area contributed by atoms with Crippen molar-refractivity contribution in [1.29, 1.82) is 0 Å². The molecule has 17 heavy (non-hydrogen) atoms. The highest BCUT2D eigenvalue weighted by Gasteiger charge is 2.19. The van der Waals surface area contributed by atoms with Crippen LogP contribution >= 0.6 is 11.3 Å². The molecule has 2 aromatic heterocycles. The Balaban J connectivity index is 2.06. The van der Waals surface area contributed by atoms with Gasteiger partial charge >= 0.3 is 0 Å². The summed E-state index contributed by atoms with van der Waals surface area (Å²) in [7, 11) is 0. The van der Waals surface area contributed by atoms with Gasteiger partial charge in [0, 0.05) is 17.4 Å². The molecule has 2 aromatic rings. The molecule has 0 fully saturated rings. The van der Waals surface area contributed by atoms with Crippen LogP contribution < -0.4 is 0 Å². The van der Waals surface area contributed by atoms with Gasteiger partial charge in [-0.25, -0.2) is 9.97 Å². The number of halogens is 1. The number of fused-ring (bicyclic) bond motifs is 1. The van der Waals surface area contributed by atoms with Crippen LogP contribution in [-0.2, 0) is 6.42 Å². The fraction of sp³-hybridized carbons (Fsp3) is 0.250. The monoisotopic (exact) mass is 248 g/mol. The number of Topliss-reactive ketones (excluding diaryl/α,β-unsaturated/α-hetero) is 1. The number of aryl methyl sites for hydroxylation is 1. The third-order valence-electron chi connectivity index (χ3n) is 2.79. The molecule has 0 bridgehead atoms. The van der Waals surface area contributed by atoms with Gasteiger partial charge in [0.15, 0.2) is 5.78 Å². The molecule has 3 nitrogen and oxygen atoms in total. The Bertz CT molecular complexity index is 594. The van der Waals surface area contributed by atoms with E-state index in [-0.39, 0.29) is 5.78 Å². The van der Waals surface area contributed by atoms with Gasteiger partial charge in [-0.1, -0.05) is 0 Å². The molecule has 1 aliphatic rings. The largest absolute Gasteiger partial charge is 0.294 e. The van der Waals surface area contributed by atoms with Crippen LogP contribution in [0.2, 0.25) is 0 Å². The van der Waals surface area contributed by atoms with Gasteiger partial charge in [0.2, 0.25) is 5.95 Å². The molecule has 0 aromatic carbocycles. The quantitative estimate of drug-likeness (QED) is 0.779. The lowest BCUT2D eigenvalue weighted by atomic mass is 9.94. The number of nitrogens with zero attached hydrogens (tertiary/aromatic N) is 2. The van der Waals surface area contributed by atoms with Crippen molar-refractivity contribution in [2.24, 2.45) is 0 Å². The maximum Gasteiger partial charge on any atom is 0.224 e. The Morgan fingerprint density at radius 1 is 1.24 bits per heavy atom. The average molecular weight is 248 g/mol. The van der Waals surface area contributed by atoms with Crippen molar-refractivity contribution in [3.63, 3.8) is 0 Å². The number of carbonyl (C=O) groups excluding carboxylic acids is 1. The van der Waals surface area contributed by atoms with E-state index >= 15 is 0 Å². The minimum absolute atomic E-state index is 0.149. The highest BCUT2D eigenvalue weighted by atomic mass is 32.1. The molecule has 1 aliphatic carbocycles. The Kier molecular flexibility index (Phi) is 2.48. The number of hydrogen-bond acceptors (Lipinski definition) is 4. The highest BCUT2D eigenvalue weighted by molar-refractivity contribution is 7.13. The predicted octanol–water partition coefficient (Wildman–Crippen LogP) is 2.86. The van der Waals surface area contributed by atoms with Gasteiger partial charge in [0.25, 0.3) is 0 Å². The van der Waals surface area contributed by atoms with Crippen LogP contribution in [0.4, 0.5) is 4.39 Å². The van der Waals surface area contributed by atoms with E-state index in [2.05, 4.69) is 9.97 Å². The van der Waals surface area contributed by atoms with Crippen molar-refractivity contribution in [3.8, 4) is 10.7 Å². The molecular weight excluding hydrogens is 239 g/mol. The van der Waals surface area contributed by atoms with Gasteiger partial charge in [-0.2, -0.15) is 4.39 Å². The molecule has 0 spiro atoms. The summed E-state index contributed by atoms with van der Waals surface area (Å²) in [6.45, 7) is 0. The van der Waals surface area contributed by atoms with Gasteiger partial charge < -0.3 is 0 Å². The lowest BCUT2D eigenvalue weighted by Crippen LogP contribution is -2.12. The average Bonchev–Trinajstić information content (AvgIpc) is 2.76. The molecular formula is C12H9FN2OS. The summed E-state index contributed by atoms with van der Waals surface area (Å²) in [6.07, 6.45) is 2.25. The highest BCUT2D eigenvalue weighted by Crippen LogP contribution is 2.26. The second kappa shape index (κ2) is 4.00. The van der Waals surface area contributed by atoms with Crippen molar-refractivity contribution < 1.29 is 9.18 Å². The Labute approximate surface area is 101 Å². The van der Waals surface area contributed by atoms with E-state index in [4.69, 9.17) is 0 Å². The third-order valence-corrected chi connectivity index (χ3v) is 3.62. The lowest BCUT2D eigenvalue weighted by Gasteiger charge is -2.13. The van der Waals surface area contributed by atoms with Crippen LogP contribution in [0.5, 0.6) is 0 Å². The van der Waals surface area contributed by atoms with Crippen molar-refractivity contribution in [2.45, 2.75) is 19.3 Å². The van der Waals surface area contributed by atoms with E-state index in [1.165, 1.54) is 16.7 Å². The first-order valence-electron chi connectivity index (χ1n) is 5.38. The second-order valence-electron chi connectivity index (χ2n) is 3.94. The first-order chi connectivity index (χ1) is 8.24. The summed E-state index contributed by atoms with van der Waals surface area (Å²) in [6, 6.07) is 3.51. The van der Waals surface area contributed by atoms with Gasteiger partial charge in [-0.15, -0.1) is 11.3 Å². The molecule has 0 saturated heterocycles. The van der Waals surface area contributed by atoms with Crippen LogP contribution in [0.3, 0.4) is 0 Å². The van der Waals surface area contributed by atoms with Crippen LogP contribution in [0.1, 0.15) is 28.9 Å².